The number of aryl methyl sites for hydroxylation is 3. The van der Waals surface area contributed by atoms with E-state index in [-0.39, 0.29) is 16.2 Å². The predicted molar refractivity (Wildman–Crippen MR) is 403 cm³/mol. The smallest absolute Gasteiger partial charge is 0.0708 e. The van der Waals surface area contributed by atoms with E-state index in [1.807, 2.05) is 12.4 Å². The molecule has 3 nitrogen and oxygen atoms in total. The Morgan fingerprint density at radius 3 is 1.00 bits per heavy atom. The molecule has 0 N–H and O–H groups in total. The molecule has 1 atom stereocenters. The summed E-state index contributed by atoms with van der Waals surface area (Å²) in [6.45, 7) is 24.0. The molecule has 0 saturated heterocycles. The first kappa shape index (κ1) is 60.6. The highest BCUT2D eigenvalue weighted by Gasteiger charge is 2.45. The van der Waals surface area contributed by atoms with Crippen molar-refractivity contribution in [3.05, 3.63) is 306 Å². The fraction of sp³-hybridized carbons (Fsp3) is 0.194. The maximum atomic E-state index is 6.00. The van der Waals surface area contributed by atoms with E-state index < -0.39 is 5.41 Å². The molecule has 8 bridgehead atoms. The van der Waals surface area contributed by atoms with Gasteiger partial charge in [-0.3, -0.25) is 15.0 Å². The summed E-state index contributed by atoms with van der Waals surface area (Å²) in [5.74, 6) is 0. The van der Waals surface area contributed by atoms with Crippen molar-refractivity contribution >= 4 is 0 Å². The molecule has 5 heterocycles. The second-order valence-electron chi connectivity index (χ2n) is 29.9. The Balaban J connectivity index is 0.958. The van der Waals surface area contributed by atoms with Gasteiger partial charge in [0.25, 0.3) is 0 Å². The molecule has 4 aliphatic rings. The third-order valence-electron chi connectivity index (χ3n) is 22.2. The summed E-state index contributed by atoms with van der Waals surface area (Å²) in [7, 11) is 0. The molecule has 96 heavy (non-hydrogen) atoms. The van der Waals surface area contributed by atoms with Crippen LogP contribution in [0.3, 0.4) is 0 Å². The van der Waals surface area contributed by atoms with Gasteiger partial charge in [0.1, 0.15) is 0 Å². The largest absolute Gasteiger partial charge is 0.256 e. The van der Waals surface area contributed by atoms with Crippen LogP contribution >= 0.6 is 0 Å². The quantitative estimate of drug-likeness (QED) is 0.152. The van der Waals surface area contributed by atoms with Crippen molar-refractivity contribution in [1.82, 2.24) is 15.0 Å². The van der Waals surface area contributed by atoms with Gasteiger partial charge >= 0.3 is 0 Å². The lowest BCUT2D eigenvalue weighted by Gasteiger charge is -2.45. The number of rotatable bonds is 8. The molecule has 2 aliphatic carbocycles. The van der Waals surface area contributed by atoms with Crippen molar-refractivity contribution in [1.29, 1.82) is 0 Å². The lowest BCUT2D eigenvalue weighted by molar-refractivity contribution is 0.332. The second kappa shape index (κ2) is 23.2. The molecule has 0 fully saturated rings. The van der Waals surface area contributed by atoms with Crippen LogP contribution in [0.5, 0.6) is 0 Å². The fourth-order valence-electron chi connectivity index (χ4n) is 16.3. The molecule has 0 saturated carbocycles. The minimum absolute atomic E-state index is 0.00998. The van der Waals surface area contributed by atoms with Crippen LogP contribution in [-0.4, -0.2) is 15.0 Å². The zero-order valence-electron chi connectivity index (χ0n) is 57.0. The fourth-order valence-corrected chi connectivity index (χ4v) is 16.3. The summed E-state index contributed by atoms with van der Waals surface area (Å²) in [5.41, 5.74) is 37.2. The number of fused-ring (bicyclic) bond motifs is 3. The molecule has 2 aliphatic heterocycles. The van der Waals surface area contributed by atoms with Gasteiger partial charge in [-0.05, 0) is 253 Å². The molecule has 0 amide bonds. The molecule has 1 unspecified atom stereocenters. The third kappa shape index (κ3) is 10.6. The van der Waals surface area contributed by atoms with Crippen LogP contribution < -0.4 is 0 Å². The van der Waals surface area contributed by atoms with Crippen LogP contribution in [0, 0.1) is 20.8 Å². The molecular weight excluding hydrogens is 1160 g/mol. The molecule has 13 aromatic rings. The van der Waals surface area contributed by atoms with E-state index in [1.165, 1.54) is 111 Å². The molecular formula is C93H81N3. The van der Waals surface area contributed by atoms with Gasteiger partial charge in [0, 0.05) is 51.2 Å². The Hall–Kier alpha value is -10.4. The van der Waals surface area contributed by atoms with Crippen molar-refractivity contribution < 1.29 is 0 Å². The highest BCUT2D eigenvalue weighted by atomic mass is 14.8. The summed E-state index contributed by atoms with van der Waals surface area (Å²) in [4.78, 5) is 16.2. The maximum absolute atomic E-state index is 6.00. The third-order valence-corrected chi connectivity index (χ3v) is 22.2. The average molecular weight is 1240 g/mol. The van der Waals surface area contributed by atoms with E-state index in [0.717, 1.165) is 93.0 Å². The van der Waals surface area contributed by atoms with Crippen molar-refractivity contribution in [3.63, 3.8) is 0 Å². The first-order valence-electron chi connectivity index (χ1n) is 34.4. The standard InChI is InChI=1S/C93H81N3/c1-58-46-85(94-56-79(58)61-22-14-11-15-23-61)66-36-30-63(31-37-66)73-28-20-21-29-74(73)70-49-71-51-72(50-70)78-55-84-83(53-76(78)64-32-38-67(39-33-64)86-47-59(2)80(57-95-86)62-24-16-12-17-25-62)92(8,9)44-45-93(84,10)89-88(69-26-18-13-19-27-69)60(3)48-87(96-89)68-40-34-65(35-41-68)75-52-81-82(54-77(71)75)91(6,7)43-42-90(81,4)5/h11-41,46-57H,42-45H2,1-10H3. The minimum Gasteiger partial charge on any atom is -0.256 e. The lowest BCUT2D eigenvalue weighted by atomic mass is 9.59. The molecule has 10 aromatic carbocycles. The van der Waals surface area contributed by atoms with Gasteiger partial charge in [-0.1, -0.05) is 230 Å². The predicted octanol–water partition coefficient (Wildman–Crippen LogP) is 24.8. The molecule has 0 spiro atoms. The van der Waals surface area contributed by atoms with Crippen molar-refractivity contribution in [2.24, 2.45) is 0 Å². The highest BCUT2D eigenvalue weighted by Crippen LogP contribution is 2.56. The SMILES string of the molecule is Cc1cc(-c2ccc(-c3ccccc3-c3cc4cc(c3)-c3cc5c(cc3-c3ccc(-c6cc(C)c(-c7ccccc7)cn6)cc3)C(C)(C)CCC5(C)c3nc(cc(C)c3-c3ccccc3)-c3ccc(cc3)-c3cc5c(cc3-4)C(C)(C)CCC5(C)C)cc2)ncc1-c1ccccc1. The number of aromatic nitrogens is 3. The Morgan fingerprint density at radius 2 is 0.562 bits per heavy atom. The minimum atomic E-state index is -0.484. The number of hydrogen-bond acceptors (Lipinski definition) is 3. The van der Waals surface area contributed by atoms with Gasteiger partial charge in [0.05, 0.1) is 22.8 Å². The average Bonchev–Trinajstić information content (AvgIpc) is 0.719. The van der Waals surface area contributed by atoms with E-state index >= 15 is 0 Å². The summed E-state index contributed by atoms with van der Waals surface area (Å²) in [5, 5.41) is 0. The summed E-state index contributed by atoms with van der Waals surface area (Å²) in [6, 6.07) is 93.7. The molecule has 3 heteroatoms. The van der Waals surface area contributed by atoms with Crippen molar-refractivity contribution in [2.45, 2.75) is 117 Å². The first-order chi connectivity index (χ1) is 46.4. The summed E-state index contributed by atoms with van der Waals surface area (Å²) >= 11 is 0. The second-order valence-corrected chi connectivity index (χ2v) is 29.9. The molecule has 0 radical (unpaired) electrons. The topological polar surface area (TPSA) is 38.7 Å². The van der Waals surface area contributed by atoms with E-state index in [0.29, 0.717) is 0 Å². The zero-order chi connectivity index (χ0) is 65.8. The Labute approximate surface area is 567 Å². The lowest BCUT2D eigenvalue weighted by Crippen LogP contribution is -2.38. The van der Waals surface area contributed by atoms with Gasteiger partial charge < -0.3 is 0 Å². The van der Waals surface area contributed by atoms with Crippen LogP contribution in [-0.2, 0) is 21.7 Å². The van der Waals surface area contributed by atoms with Crippen molar-refractivity contribution in [2.75, 3.05) is 0 Å². The van der Waals surface area contributed by atoms with Gasteiger partial charge in [-0.2, -0.15) is 0 Å². The number of benzene rings is 10. The van der Waals surface area contributed by atoms with E-state index in [4.69, 9.17) is 15.0 Å². The number of hydrogen-bond donors (Lipinski definition) is 0. The summed E-state index contributed by atoms with van der Waals surface area (Å²) in [6.07, 6.45) is 8.24. The van der Waals surface area contributed by atoms with Gasteiger partial charge in [-0.15, -0.1) is 0 Å². The van der Waals surface area contributed by atoms with Crippen LogP contribution in [0.1, 0.15) is 119 Å². The van der Waals surface area contributed by atoms with Crippen molar-refractivity contribution in [3.8, 4) is 134 Å². The Morgan fingerprint density at radius 1 is 0.250 bits per heavy atom. The van der Waals surface area contributed by atoms with Gasteiger partial charge in [0.15, 0.2) is 0 Å². The van der Waals surface area contributed by atoms with E-state index in [1.54, 1.807) is 0 Å². The van der Waals surface area contributed by atoms with Gasteiger partial charge in [-0.25, -0.2) is 0 Å². The van der Waals surface area contributed by atoms with Crippen LogP contribution in [0.15, 0.2) is 261 Å². The summed E-state index contributed by atoms with van der Waals surface area (Å²) < 4.78 is 0. The Kier molecular flexibility index (Phi) is 14.7. The Bertz CT molecular complexity index is 5190. The maximum Gasteiger partial charge on any atom is 0.0708 e. The monoisotopic (exact) mass is 1240 g/mol. The number of nitrogens with zero attached hydrogens (tertiary/aromatic N) is 3. The normalized spacial score (nSPS) is 16.1. The van der Waals surface area contributed by atoms with Gasteiger partial charge in [0.2, 0.25) is 0 Å². The molecule has 468 valence electrons. The van der Waals surface area contributed by atoms with E-state index in [2.05, 4.69) is 318 Å². The van der Waals surface area contributed by atoms with Crippen LogP contribution in [0.2, 0.25) is 0 Å². The first-order valence-corrected chi connectivity index (χ1v) is 34.4. The highest BCUT2D eigenvalue weighted by molar-refractivity contribution is 5.96. The molecule has 3 aromatic heterocycles. The van der Waals surface area contributed by atoms with Crippen LogP contribution in [0.25, 0.3) is 134 Å². The zero-order valence-corrected chi connectivity index (χ0v) is 57.0. The molecule has 17 rings (SSSR count). The van der Waals surface area contributed by atoms with E-state index in [9.17, 15) is 0 Å². The number of pyridine rings is 3. The van der Waals surface area contributed by atoms with Crippen LogP contribution in [0.4, 0.5) is 0 Å².